The molecular weight excluding hydrogens is 388 g/mol. The van der Waals surface area contributed by atoms with Crippen LogP contribution in [0.3, 0.4) is 0 Å². The topological polar surface area (TPSA) is 99.4 Å². The SMILES string of the molecule is CCOC(=O)COc1ccccc1/C=N/NC(=O)c1cc2cc(OCC)ccc2o1. The van der Waals surface area contributed by atoms with Gasteiger partial charge in [0.15, 0.2) is 12.4 Å². The van der Waals surface area contributed by atoms with Gasteiger partial charge in [-0.1, -0.05) is 12.1 Å². The average Bonchev–Trinajstić information content (AvgIpc) is 3.17. The first-order valence-electron chi connectivity index (χ1n) is 9.48. The third-order valence-corrected chi connectivity index (χ3v) is 3.96. The molecule has 1 N–H and O–H groups in total. The summed E-state index contributed by atoms with van der Waals surface area (Å²) in [7, 11) is 0. The number of furan rings is 1. The number of para-hydroxylation sites is 1. The molecule has 156 valence electrons. The Labute approximate surface area is 173 Å². The standard InChI is InChI=1S/C22H22N2O6/c1-3-27-17-9-10-19-16(11-17)12-20(30-19)22(26)24-23-13-15-7-5-6-8-18(15)29-14-21(25)28-4-2/h5-13H,3-4,14H2,1-2H3,(H,24,26)/b23-13+. The number of hydrazone groups is 1. The summed E-state index contributed by atoms with van der Waals surface area (Å²) in [6.45, 7) is 4.24. The molecule has 0 saturated carbocycles. The molecule has 1 amide bonds. The zero-order valence-corrected chi connectivity index (χ0v) is 16.7. The Morgan fingerprint density at radius 3 is 2.70 bits per heavy atom. The van der Waals surface area contributed by atoms with Gasteiger partial charge in [-0.15, -0.1) is 0 Å². The first-order chi connectivity index (χ1) is 14.6. The van der Waals surface area contributed by atoms with E-state index < -0.39 is 11.9 Å². The number of carbonyl (C=O) groups excluding carboxylic acids is 2. The van der Waals surface area contributed by atoms with Crippen LogP contribution in [0.1, 0.15) is 30.0 Å². The fourth-order valence-electron chi connectivity index (χ4n) is 2.66. The van der Waals surface area contributed by atoms with Crippen LogP contribution in [0.2, 0.25) is 0 Å². The highest BCUT2D eigenvalue weighted by Crippen LogP contribution is 2.24. The van der Waals surface area contributed by atoms with Crippen LogP contribution >= 0.6 is 0 Å². The predicted molar refractivity (Wildman–Crippen MR) is 111 cm³/mol. The monoisotopic (exact) mass is 410 g/mol. The van der Waals surface area contributed by atoms with Crippen molar-refractivity contribution in [3.05, 3.63) is 59.9 Å². The van der Waals surface area contributed by atoms with E-state index in [2.05, 4.69) is 10.5 Å². The second-order valence-corrected chi connectivity index (χ2v) is 6.07. The third-order valence-electron chi connectivity index (χ3n) is 3.96. The lowest BCUT2D eigenvalue weighted by atomic mass is 10.2. The molecule has 0 bridgehead atoms. The second-order valence-electron chi connectivity index (χ2n) is 6.07. The fraction of sp³-hybridized carbons (Fsp3) is 0.227. The molecule has 8 nitrogen and oxygen atoms in total. The highest BCUT2D eigenvalue weighted by atomic mass is 16.6. The van der Waals surface area contributed by atoms with E-state index in [-0.39, 0.29) is 19.0 Å². The van der Waals surface area contributed by atoms with E-state index in [4.69, 9.17) is 18.6 Å². The number of amides is 1. The summed E-state index contributed by atoms with van der Waals surface area (Å²) < 4.78 is 21.3. The maximum absolute atomic E-state index is 12.3. The lowest BCUT2D eigenvalue weighted by Gasteiger charge is -2.08. The highest BCUT2D eigenvalue weighted by molar-refractivity contribution is 5.97. The van der Waals surface area contributed by atoms with Crippen molar-refractivity contribution >= 4 is 29.1 Å². The molecule has 0 aliphatic heterocycles. The van der Waals surface area contributed by atoms with Gasteiger partial charge < -0.3 is 18.6 Å². The lowest BCUT2D eigenvalue weighted by Crippen LogP contribution is -2.17. The Hall–Kier alpha value is -3.81. The van der Waals surface area contributed by atoms with Crippen LogP contribution in [0, 0.1) is 0 Å². The van der Waals surface area contributed by atoms with Crippen molar-refractivity contribution in [2.45, 2.75) is 13.8 Å². The predicted octanol–water partition coefficient (Wildman–Crippen LogP) is 3.54. The van der Waals surface area contributed by atoms with Gasteiger partial charge in [0.25, 0.3) is 0 Å². The number of benzene rings is 2. The molecule has 3 rings (SSSR count). The lowest BCUT2D eigenvalue weighted by molar-refractivity contribution is -0.145. The van der Waals surface area contributed by atoms with Gasteiger partial charge in [0.2, 0.25) is 0 Å². The van der Waals surface area contributed by atoms with Crippen LogP contribution in [0.15, 0.2) is 58.0 Å². The minimum Gasteiger partial charge on any atom is -0.494 e. The molecule has 0 fully saturated rings. The van der Waals surface area contributed by atoms with Gasteiger partial charge in [-0.3, -0.25) is 4.79 Å². The van der Waals surface area contributed by atoms with Crippen molar-refractivity contribution in [1.82, 2.24) is 5.43 Å². The highest BCUT2D eigenvalue weighted by Gasteiger charge is 2.12. The van der Waals surface area contributed by atoms with Crippen LogP contribution in [-0.2, 0) is 9.53 Å². The van der Waals surface area contributed by atoms with Crippen molar-refractivity contribution in [3.8, 4) is 11.5 Å². The van der Waals surface area contributed by atoms with Gasteiger partial charge in [-0.05, 0) is 50.2 Å². The van der Waals surface area contributed by atoms with E-state index in [1.807, 2.05) is 6.92 Å². The van der Waals surface area contributed by atoms with Crippen molar-refractivity contribution in [1.29, 1.82) is 0 Å². The molecular formula is C22H22N2O6. The molecule has 3 aromatic rings. The molecule has 0 radical (unpaired) electrons. The summed E-state index contributed by atoms with van der Waals surface area (Å²) >= 11 is 0. The molecule has 0 aliphatic carbocycles. The number of nitrogens with one attached hydrogen (secondary N) is 1. The van der Waals surface area contributed by atoms with Gasteiger partial charge in [0, 0.05) is 10.9 Å². The third kappa shape index (κ3) is 5.38. The van der Waals surface area contributed by atoms with Gasteiger partial charge in [-0.2, -0.15) is 5.10 Å². The Bertz CT molecular complexity index is 1060. The van der Waals surface area contributed by atoms with Crippen LogP contribution in [0.4, 0.5) is 0 Å². The van der Waals surface area contributed by atoms with Crippen molar-refractivity contribution in [2.75, 3.05) is 19.8 Å². The van der Waals surface area contributed by atoms with E-state index in [0.29, 0.717) is 29.3 Å². The summed E-state index contributed by atoms with van der Waals surface area (Å²) in [5.41, 5.74) is 3.58. The molecule has 0 atom stereocenters. The summed E-state index contributed by atoms with van der Waals surface area (Å²) in [6, 6.07) is 13.9. The largest absolute Gasteiger partial charge is 0.494 e. The van der Waals surface area contributed by atoms with Crippen LogP contribution in [-0.4, -0.2) is 37.9 Å². The minimum absolute atomic E-state index is 0.127. The van der Waals surface area contributed by atoms with E-state index >= 15 is 0 Å². The van der Waals surface area contributed by atoms with E-state index in [9.17, 15) is 9.59 Å². The van der Waals surface area contributed by atoms with Crippen LogP contribution in [0.25, 0.3) is 11.0 Å². The molecule has 1 heterocycles. The summed E-state index contributed by atoms with van der Waals surface area (Å²) in [4.78, 5) is 23.8. The molecule has 2 aromatic carbocycles. The number of carbonyl (C=O) groups is 2. The Morgan fingerprint density at radius 1 is 1.07 bits per heavy atom. The molecule has 0 aliphatic rings. The van der Waals surface area contributed by atoms with Crippen LogP contribution < -0.4 is 14.9 Å². The normalized spacial score (nSPS) is 10.9. The van der Waals surface area contributed by atoms with Gasteiger partial charge >= 0.3 is 11.9 Å². The maximum Gasteiger partial charge on any atom is 0.344 e. The average molecular weight is 410 g/mol. The smallest absolute Gasteiger partial charge is 0.344 e. The first-order valence-corrected chi connectivity index (χ1v) is 9.48. The number of nitrogens with zero attached hydrogens (tertiary/aromatic N) is 1. The number of fused-ring (bicyclic) bond motifs is 1. The molecule has 0 spiro atoms. The maximum atomic E-state index is 12.3. The Balaban J connectivity index is 1.64. The van der Waals surface area contributed by atoms with Crippen molar-refractivity contribution in [2.24, 2.45) is 5.10 Å². The number of hydrogen-bond donors (Lipinski definition) is 1. The summed E-state index contributed by atoms with van der Waals surface area (Å²) in [5, 5.41) is 4.71. The number of rotatable bonds is 9. The molecule has 30 heavy (non-hydrogen) atoms. The molecule has 8 heteroatoms. The Kier molecular flexibility index (Phi) is 7.05. The zero-order valence-electron chi connectivity index (χ0n) is 16.7. The van der Waals surface area contributed by atoms with Gasteiger partial charge in [0.1, 0.15) is 17.1 Å². The first kappa shape index (κ1) is 20.9. The van der Waals surface area contributed by atoms with Gasteiger partial charge in [-0.25, -0.2) is 10.2 Å². The zero-order chi connectivity index (χ0) is 21.3. The van der Waals surface area contributed by atoms with Crippen molar-refractivity contribution in [3.63, 3.8) is 0 Å². The van der Waals surface area contributed by atoms with Gasteiger partial charge in [0.05, 0.1) is 19.4 Å². The minimum atomic E-state index is -0.495. The number of hydrogen-bond acceptors (Lipinski definition) is 7. The quantitative estimate of drug-likeness (QED) is 0.329. The molecule has 1 aromatic heterocycles. The summed E-state index contributed by atoms with van der Waals surface area (Å²) in [5.74, 6) is 0.314. The van der Waals surface area contributed by atoms with Crippen molar-refractivity contribution < 1.29 is 28.2 Å². The number of esters is 1. The van der Waals surface area contributed by atoms with Crippen LogP contribution in [0.5, 0.6) is 11.5 Å². The Morgan fingerprint density at radius 2 is 1.90 bits per heavy atom. The molecule has 0 unspecified atom stereocenters. The summed E-state index contributed by atoms with van der Waals surface area (Å²) in [6.07, 6.45) is 1.42. The van der Waals surface area contributed by atoms with E-state index in [1.165, 1.54) is 6.21 Å². The fourth-order valence-corrected chi connectivity index (χ4v) is 2.66. The molecule has 0 saturated heterocycles. The number of ether oxygens (including phenoxy) is 3. The van der Waals surface area contributed by atoms with E-state index in [1.54, 1.807) is 55.5 Å². The van der Waals surface area contributed by atoms with E-state index in [0.717, 1.165) is 5.39 Å². The second kappa shape index (κ2) is 10.1.